The fourth-order valence-electron chi connectivity index (χ4n) is 25.8. The molecule has 0 aliphatic heterocycles. The summed E-state index contributed by atoms with van der Waals surface area (Å²) in [5.74, 6) is 1.49. The van der Waals surface area contributed by atoms with Crippen LogP contribution in [0.25, 0.3) is 307 Å². The van der Waals surface area contributed by atoms with E-state index in [1.807, 2.05) is 67.3 Å². The van der Waals surface area contributed by atoms with Gasteiger partial charge in [-0.05, 0) is 166 Å². The highest BCUT2D eigenvalue weighted by atomic mass is 15.2. The molecule has 15 aromatic heterocycles. The summed E-state index contributed by atoms with van der Waals surface area (Å²) in [6, 6.07) is 152. The van der Waals surface area contributed by atoms with Gasteiger partial charge in [-0.1, -0.05) is 285 Å². The minimum absolute atomic E-state index is 0.598. The van der Waals surface area contributed by atoms with Crippen LogP contribution in [0.4, 0.5) is 0 Å². The van der Waals surface area contributed by atoms with Gasteiger partial charge in [0.05, 0.1) is 164 Å². The van der Waals surface area contributed by atoms with Crippen molar-refractivity contribution in [2.24, 2.45) is 0 Å². The van der Waals surface area contributed by atoms with Crippen molar-refractivity contribution < 1.29 is 0 Å². The van der Waals surface area contributed by atoms with Crippen LogP contribution < -0.4 is 0 Å². The molecule has 0 radical (unpaired) electrons. The average Bonchev–Trinajstić information content (AvgIpc) is 1.51. The number of nitrogens with zero attached hydrogens (tertiary/aromatic N) is 14. The molecule has 35 rings (SSSR count). The van der Waals surface area contributed by atoms with Gasteiger partial charge in [0.2, 0.25) is 5.95 Å². The zero-order chi connectivity index (χ0) is 95.1. The Morgan fingerprint density at radius 2 is 0.603 bits per heavy atom. The minimum atomic E-state index is 0.598. The molecule has 0 atom stereocenters. The van der Waals surface area contributed by atoms with E-state index in [4.69, 9.17) is 19.9 Å². The largest absolute Gasteiger partial charge is 0.308 e. The second-order valence-corrected chi connectivity index (χ2v) is 38.7. The first kappa shape index (κ1) is 78.7. The molecule has 672 valence electrons. The Kier molecular flexibility index (Phi) is 15.9. The number of benzene rings is 20. The molecule has 14 nitrogen and oxygen atoms in total. The van der Waals surface area contributed by atoms with E-state index in [0.717, 1.165) is 89.0 Å². The molecule has 20 aromatic carbocycles. The molecule has 0 N–H and O–H groups in total. The number of fused-ring (bicyclic) bond motifs is 43. The van der Waals surface area contributed by atoms with E-state index in [-0.39, 0.29) is 0 Å². The first-order chi connectivity index (χ1) is 72.5. The van der Waals surface area contributed by atoms with E-state index < -0.39 is 0 Å². The van der Waals surface area contributed by atoms with Crippen LogP contribution in [0.2, 0.25) is 0 Å². The van der Waals surface area contributed by atoms with Crippen LogP contribution in [-0.2, 0) is 0 Å². The average molecular weight is 1860 g/mol. The molecule has 0 amide bonds. The van der Waals surface area contributed by atoms with Crippen LogP contribution in [0.5, 0.6) is 0 Å². The van der Waals surface area contributed by atoms with Crippen molar-refractivity contribution in [1.82, 2.24) is 61.0 Å². The first-order valence-electron chi connectivity index (χ1n) is 49.6. The number of hydrogen-bond acceptors (Lipinski definition) is 6. The number of hydrogen-bond donors (Lipinski definition) is 0. The molecule has 35 aromatic rings. The molecular weight excluding hydrogens is 1780 g/mol. The number of rotatable bonds is 6. The number of pyridine rings is 3. The van der Waals surface area contributed by atoms with Crippen molar-refractivity contribution in [2.75, 3.05) is 0 Å². The Morgan fingerprint density at radius 1 is 0.212 bits per heavy atom. The third-order valence-corrected chi connectivity index (χ3v) is 31.5. The highest BCUT2D eigenvalue weighted by Crippen LogP contribution is 2.55. The van der Waals surface area contributed by atoms with Crippen LogP contribution >= 0.6 is 0 Å². The van der Waals surface area contributed by atoms with Gasteiger partial charge >= 0.3 is 0 Å². The molecule has 0 fully saturated rings. The highest BCUT2D eigenvalue weighted by Gasteiger charge is 2.33. The van der Waals surface area contributed by atoms with Gasteiger partial charge in [-0.3, -0.25) is 19.1 Å². The molecule has 0 aliphatic rings. The summed E-state index contributed by atoms with van der Waals surface area (Å²) >= 11 is 0. The summed E-state index contributed by atoms with van der Waals surface area (Å²) < 4.78 is 19.1. The molecule has 15 heterocycles. The van der Waals surface area contributed by atoms with E-state index in [2.05, 4.69) is 429 Å². The molecule has 146 heavy (non-hydrogen) atoms. The lowest BCUT2D eigenvalue weighted by atomic mass is 9.98. The SMILES string of the molecule is N#Cc1cccc(-c2nc(-n3c4ccccc4c4c5c6c7ccccc7ccc6n6c7ccccc7c(cc43)c56)nc3ccccc23)c1.c1ccc(-n2c3ccccc3c3c(-n4c5ccccc5c5c6c7c8ccccc8ccc7n7c8ccccc8c(cc54)c67)cncc32)cc1.c1ccc2c(c1)ccc1c2c2c3c4ccccc4n(-c4ccc(-n5c6ccccc6c6ccncc65)cn4)c3cc3c4ccccc4n1c32. The van der Waals surface area contributed by atoms with Gasteiger partial charge in [0, 0.05) is 141 Å². The van der Waals surface area contributed by atoms with E-state index in [1.165, 1.54) is 212 Å². The lowest BCUT2D eigenvalue weighted by molar-refractivity contribution is 1.01. The quantitative estimate of drug-likeness (QED) is 0.163. The summed E-state index contributed by atoms with van der Waals surface area (Å²) in [5, 5.41) is 45.6. The van der Waals surface area contributed by atoms with E-state index in [0.29, 0.717) is 11.5 Å². The molecule has 0 spiro atoms. The highest BCUT2D eigenvalue weighted by molar-refractivity contribution is 6.43. The molecule has 0 bridgehead atoms. The Morgan fingerprint density at radius 3 is 1.11 bits per heavy atom. The maximum atomic E-state index is 9.71. The Labute approximate surface area is 828 Å². The van der Waals surface area contributed by atoms with Crippen molar-refractivity contribution >= 4 is 267 Å². The number of para-hydroxylation sites is 10. The van der Waals surface area contributed by atoms with E-state index in [9.17, 15) is 5.26 Å². The zero-order valence-corrected chi connectivity index (χ0v) is 78.0. The smallest absolute Gasteiger partial charge is 0.235 e. The van der Waals surface area contributed by atoms with Crippen molar-refractivity contribution in [1.29, 1.82) is 5.26 Å². The van der Waals surface area contributed by atoms with Gasteiger partial charge in [0.25, 0.3) is 0 Å². The van der Waals surface area contributed by atoms with Gasteiger partial charge in [-0.15, -0.1) is 0 Å². The molecule has 0 saturated carbocycles. The van der Waals surface area contributed by atoms with E-state index >= 15 is 0 Å². The molecule has 0 unspecified atom stereocenters. The Bertz CT molecular complexity index is 11900. The zero-order valence-electron chi connectivity index (χ0n) is 78.0. The number of aromatic nitrogens is 13. The Balaban J connectivity index is 0.0000000958. The lowest BCUT2D eigenvalue weighted by Crippen LogP contribution is -2.03. The van der Waals surface area contributed by atoms with Gasteiger partial charge < -0.3 is 26.9 Å². The van der Waals surface area contributed by atoms with Crippen molar-refractivity contribution in [3.63, 3.8) is 0 Å². The second kappa shape index (κ2) is 29.5. The van der Waals surface area contributed by atoms with Crippen LogP contribution in [-0.4, -0.2) is 61.0 Å². The third-order valence-electron chi connectivity index (χ3n) is 31.5. The molecule has 14 heteroatoms. The van der Waals surface area contributed by atoms with Crippen molar-refractivity contribution in [3.05, 3.63) is 455 Å². The summed E-state index contributed by atoms with van der Waals surface area (Å²) in [7, 11) is 0. The predicted molar refractivity (Wildman–Crippen MR) is 604 cm³/mol. The maximum Gasteiger partial charge on any atom is 0.235 e. The maximum absolute atomic E-state index is 9.71. The van der Waals surface area contributed by atoms with Crippen LogP contribution in [0.15, 0.2) is 450 Å². The van der Waals surface area contributed by atoms with Crippen molar-refractivity contribution in [3.8, 4) is 46.2 Å². The van der Waals surface area contributed by atoms with Crippen LogP contribution in [0.3, 0.4) is 0 Å². The van der Waals surface area contributed by atoms with Crippen LogP contribution in [0.1, 0.15) is 5.56 Å². The summed E-state index contributed by atoms with van der Waals surface area (Å²) in [4.78, 5) is 25.2. The summed E-state index contributed by atoms with van der Waals surface area (Å²) in [6.45, 7) is 0. The topological polar surface area (TPSA) is 126 Å². The molecular formula is C132H74N14. The monoisotopic (exact) mass is 1850 g/mol. The normalized spacial score (nSPS) is 12.4. The molecule has 0 aliphatic carbocycles. The lowest BCUT2D eigenvalue weighted by Gasteiger charge is -2.12. The number of nitriles is 1. The van der Waals surface area contributed by atoms with Gasteiger partial charge in [0.1, 0.15) is 5.82 Å². The van der Waals surface area contributed by atoms with Gasteiger partial charge in [-0.2, -0.15) is 5.26 Å². The third kappa shape index (κ3) is 10.5. The van der Waals surface area contributed by atoms with Gasteiger partial charge in [0.15, 0.2) is 0 Å². The second-order valence-electron chi connectivity index (χ2n) is 38.7. The fraction of sp³-hybridized carbons (Fsp3) is 0. The standard InChI is InChI=1S/C45H26N4.C44H25N5.C43H23N5/c1-2-13-28(14-3-1)47-35-20-10-7-17-31(35)41-39(47)25-46-26-40(41)48-36-21-11-8-18-32(36)43-38(48)24-33-30-16-6-9-19-34(30)49-37-23-22-27-12-4-5-15-29(27)42(37)44(43)45(33)49;1-2-10-28-26(9-1)17-19-37-41(28)43-42-32-13-5-8-16-36(32)48(38(42)23-33-30-12-4-7-15-35(30)49(37)44(33)43)40-20-18-27(24-46-40)47-34-14-6-3-11-29(34)31-21-22-45-25-39(31)47;44-24-25-10-9-12-27(22-25)41-30-15-3-6-17-33(30)45-43(46-41)48-35-19-8-5-16-31(35)39-37(48)23-32-29-14-4-7-18-34(29)47-36-21-20-26-11-1-2-13-28(26)38(36)40(39)42(32)47/h1-26H;1-25H;1-23H. The van der Waals surface area contributed by atoms with Gasteiger partial charge in [-0.25, -0.2) is 15.0 Å². The summed E-state index contributed by atoms with van der Waals surface area (Å²) in [6.07, 6.45) is 9.90. The van der Waals surface area contributed by atoms with E-state index in [1.54, 1.807) is 0 Å². The Hall–Kier alpha value is -20.1. The minimum Gasteiger partial charge on any atom is -0.308 e. The fourth-order valence-corrected chi connectivity index (χ4v) is 25.8. The van der Waals surface area contributed by atoms with Crippen LogP contribution in [0, 0.1) is 11.3 Å². The molecule has 0 saturated heterocycles. The first-order valence-corrected chi connectivity index (χ1v) is 49.6. The summed E-state index contributed by atoms with van der Waals surface area (Å²) in [5.41, 5.74) is 28.8. The predicted octanol–water partition coefficient (Wildman–Crippen LogP) is 33.1. The van der Waals surface area contributed by atoms with Crippen molar-refractivity contribution in [2.45, 2.75) is 0 Å².